The van der Waals surface area contributed by atoms with Gasteiger partial charge in [0.15, 0.2) is 0 Å². The number of ether oxygens (including phenoxy) is 2. The summed E-state index contributed by atoms with van der Waals surface area (Å²) in [7, 11) is 2.16. The smallest absolute Gasteiger partial charge is 0.338 e. The first-order valence-corrected chi connectivity index (χ1v) is 9.61. The van der Waals surface area contributed by atoms with E-state index in [1.807, 2.05) is 19.1 Å². The van der Waals surface area contributed by atoms with Gasteiger partial charge < -0.3 is 14.4 Å². The minimum absolute atomic E-state index is 0.0850. The summed E-state index contributed by atoms with van der Waals surface area (Å²) in [5, 5.41) is 0. The van der Waals surface area contributed by atoms with Gasteiger partial charge in [-0.25, -0.2) is 4.79 Å². The highest BCUT2D eigenvalue weighted by Crippen LogP contribution is 2.40. The average Bonchev–Trinajstić information content (AvgIpc) is 2.85. The van der Waals surface area contributed by atoms with E-state index in [4.69, 9.17) is 9.47 Å². The maximum Gasteiger partial charge on any atom is 0.338 e. The zero-order valence-electron chi connectivity index (χ0n) is 16.0. The van der Waals surface area contributed by atoms with Crippen molar-refractivity contribution in [3.8, 4) is 5.75 Å². The zero-order valence-corrected chi connectivity index (χ0v) is 16.0. The van der Waals surface area contributed by atoms with Crippen LogP contribution in [-0.4, -0.2) is 55.6 Å². The standard InChI is InChI=1S/C22H26N2O3/c1-3-26-22(25)16-8-9-20-19(14-16)21(24-12-10-23(2)11-13-24)18-7-5-4-6-17(18)15-27-20/h4-9,14,21H,3,10-13,15H2,1-2H3. The lowest BCUT2D eigenvalue weighted by Crippen LogP contribution is -2.46. The van der Waals surface area contributed by atoms with E-state index in [1.54, 1.807) is 6.07 Å². The molecule has 0 aliphatic carbocycles. The molecule has 5 nitrogen and oxygen atoms in total. The van der Waals surface area contributed by atoms with Gasteiger partial charge in [-0.3, -0.25) is 4.90 Å². The van der Waals surface area contributed by atoms with Crippen LogP contribution in [0.3, 0.4) is 0 Å². The number of benzene rings is 2. The largest absolute Gasteiger partial charge is 0.489 e. The van der Waals surface area contributed by atoms with Gasteiger partial charge in [-0.15, -0.1) is 0 Å². The fourth-order valence-corrected chi connectivity index (χ4v) is 3.96. The molecule has 0 saturated carbocycles. The number of esters is 1. The molecule has 2 aliphatic heterocycles. The molecular formula is C22H26N2O3. The Morgan fingerprint density at radius 3 is 2.67 bits per heavy atom. The summed E-state index contributed by atoms with van der Waals surface area (Å²) in [6.45, 7) is 6.78. The van der Waals surface area contributed by atoms with E-state index in [0.717, 1.165) is 37.5 Å². The van der Waals surface area contributed by atoms with E-state index in [0.29, 0.717) is 18.8 Å². The minimum Gasteiger partial charge on any atom is -0.489 e. The summed E-state index contributed by atoms with van der Waals surface area (Å²) < 4.78 is 11.3. The van der Waals surface area contributed by atoms with Gasteiger partial charge >= 0.3 is 5.97 Å². The van der Waals surface area contributed by atoms with Gasteiger partial charge in [0.25, 0.3) is 0 Å². The number of carbonyl (C=O) groups excluding carboxylic acids is 1. The van der Waals surface area contributed by atoms with Crippen molar-refractivity contribution in [2.75, 3.05) is 39.8 Å². The SMILES string of the molecule is CCOC(=O)c1ccc2c(c1)C(N1CCN(C)CC1)c1ccccc1CO2. The molecule has 5 heteroatoms. The van der Waals surface area contributed by atoms with Gasteiger partial charge in [-0.1, -0.05) is 24.3 Å². The van der Waals surface area contributed by atoms with Gasteiger partial charge in [0.05, 0.1) is 18.2 Å². The quantitative estimate of drug-likeness (QED) is 0.781. The van der Waals surface area contributed by atoms with Crippen LogP contribution >= 0.6 is 0 Å². The molecule has 0 aromatic heterocycles. The highest BCUT2D eigenvalue weighted by molar-refractivity contribution is 5.90. The van der Waals surface area contributed by atoms with Crippen LogP contribution in [0, 0.1) is 0 Å². The Labute approximate surface area is 160 Å². The van der Waals surface area contributed by atoms with E-state index < -0.39 is 0 Å². The molecule has 2 aromatic carbocycles. The second-order valence-electron chi connectivity index (χ2n) is 7.20. The molecule has 1 fully saturated rings. The van der Waals surface area contributed by atoms with Gasteiger partial charge in [-0.05, 0) is 43.3 Å². The summed E-state index contributed by atoms with van der Waals surface area (Å²) in [5.41, 5.74) is 4.10. The van der Waals surface area contributed by atoms with Crippen molar-refractivity contribution >= 4 is 5.97 Å². The minimum atomic E-state index is -0.282. The average molecular weight is 366 g/mol. The molecule has 1 unspecified atom stereocenters. The van der Waals surface area contributed by atoms with Crippen LogP contribution in [0.15, 0.2) is 42.5 Å². The summed E-state index contributed by atoms with van der Waals surface area (Å²) in [6, 6.07) is 14.2. The van der Waals surface area contributed by atoms with Crippen LogP contribution in [0.25, 0.3) is 0 Å². The van der Waals surface area contributed by atoms with Crippen molar-refractivity contribution in [2.45, 2.75) is 19.6 Å². The molecular weight excluding hydrogens is 340 g/mol. The summed E-state index contributed by atoms with van der Waals surface area (Å²) in [5.74, 6) is 0.568. The molecule has 0 radical (unpaired) electrons. The Bertz CT molecular complexity index is 828. The van der Waals surface area contributed by atoms with Crippen LogP contribution in [0.1, 0.15) is 40.0 Å². The maximum atomic E-state index is 12.3. The summed E-state index contributed by atoms with van der Waals surface area (Å²) in [6.07, 6.45) is 0. The van der Waals surface area contributed by atoms with Crippen molar-refractivity contribution in [2.24, 2.45) is 0 Å². The molecule has 27 heavy (non-hydrogen) atoms. The molecule has 142 valence electrons. The van der Waals surface area contributed by atoms with Crippen LogP contribution in [-0.2, 0) is 11.3 Å². The first-order valence-electron chi connectivity index (χ1n) is 9.61. The lowest BCUT2D eigenvalue weighted by molar-refractivity contribution is 0.0526. The molecule has 4 rings (SSSR count). The third-order valence-electron chi connectivity index (χ3n) is 5.45. The number of carbonyl (C=O) groups is 1. The fourth-order valence-electron chi connectivity index (χ4n) is 3.96. The van der Waals surface area contributed by atoms with Gasteiger partial charge in [0.2, 0.25) is 0 Å². The topological polar surface area (TPSA) is 42.0 Å². The zero-order chi connectivity index (χ0) is 18.8. The summed E-state index contributed by atoms with van der Waals surface area (Å²) in [4.78, 5) is 17.2. The highest BCUT2D eigenvalue weighted by atomic mass is 16.5. The Kier molecular flexibility index (Phi) is 5.14. The number of hydrogen-bond acceptors (Lipinski definition) is 5. The number of rotatable bonds is 3. The third-order valence-corrected chi connectivity index (χ3v) is 5.45. The Hall–Kier alpha value is -2.37. The second-order valence-corrected chi connectivity index (χ2v) is 7.20. The maximum absolute atomic E-state index is 12.3. The molecule has 2 heterocycles. The van der Waals surface area contributed by atoms with E-state index in [9.17, 15) is 4.79 Å². The molecule has 0 amide bonds. The van der Waals surface area contributed by atoms with Crippen molar-refractivity contribution < 1.29 is 14.3 Å². The Balaban J connectivity index is 1.80. The van der Waals surface area contributed by atoms with Crippen molar-refractivity contribution in [1.82, 2.24) is 9.80 Å². The predicted octanol–water partition coefficient (Wildman–Crippen LogP) is 3.09. The fraction of sp³-hybridized carbons (Fsp3) is 0.409. The first kappa shape index (κ1) is 18.0. The number of fused-ring (bicyclic) bond motifs is 2. The van der Waals surface area contributed by atoms with E-state index in [1.165, 1.54) is 11.1 Å². The number of nitrogens with zero attached hydrogens (tertiary/aromatic N) is 2. The van der Waals surface area contributed by atoms with Crippen LogP contribution in [0.5, 0.6) is 5.75 Å². The van der Waals surface area contributed by atoms with E-state index in [-0.39, 0.29) is 12.0 Å². The normalized spacial score (nSPS) is 20.1. The van der Waals surface area contributed by atoms with Crippen LogP contribution < -0.4 is 4.74 Å². The lowest BCUT2D eigenvalue weighted by atomic mass is 9.92. The Morgan fingerprint density at radius 1 is 1.11 bits per heavy atom. The van der Waals surface area contributed by atoms with Crippen molar-refractivity contribution in [3.63, 3.8) is 0 Å². The molecule has 1 atom stereocenters. The highest BCUT2D eigenvalue weighted by Gasteiger charge is 2.32. The molecule has 1 saturated heterocycles. The number of hydrogen-bond donors (Lipinski definition) is 0. The molecule has 0 bridgehead atoms. The molecule has 2 aromatic rings. The van der Waals surface area contributed by atoms with Crippen LogP contribution in [0.2, 0.25) is 0 Å². The van der Waals surface area contributed by atoms with Gasteiger partial charge in [0, 0.05) is 31.7 Å². The third kappa shape index (κ3) is 3.57. The first-order chi connectivity index (χ1) is 13.2. The van der Waals surface area contributed by atoms with E-state index in [2.05, 4.69) is 41.1 Å². The Morgan fingerprint density at radius 2 is 1.89 bits per heavy atom. The van der Waals surface area contributed by atoms with Gasteiger partial charge in [0.1, 0.15) is 12.4 Å². The number of likely N-dealkylation sites (N-methyl/N-ethyl adjacent to an activating group) is 1. The van der Waals surface area contributed by atoms with E-state index >= 15 is 0 Å². The van der Waals surface area contributed by atoms with Gasteiger partial charge in [-0.2, -0.15) is 0 Å². The van der Waals surface area contributed by atoms with Crippen LogP contribution in [0.4, 0.5) is 0 Å². The predicted molar refractivity (Wildman–Crippen MR) is 104 cm³/mol. The van der Waals surface area contributed by atoms with Crippen molar-refractivity contribution in [1.29, 1.82) is 0 Å². The second kappa shape index (κ2) is 7.71. The molecule has 0 spiro atoms. The monoisotopic (exact) mass is 366 g/mol. The molecule has 0 N–H and O–H groups in total. The van der Waals surface area contributed by atoms with Crippen molar-refractivity contribution in [3.05, 3.63) is 64.7 Å². The molecule has 2 aliphatic rings. The summed E-state index contributed by atoms with van der Waals surface area (Å²) >= 11 is 0. The lowest BCUT2D eigenvalue weighted by Gasteiger charge is -2.38. The number of piperazine rings is 1.